The first-order valence-electron chi connectivity index (χ1n) is 9.32. The van der Waals surface area contributed by atoms with E-state index in [0.29, 0.717) is 6.61 Å². The molecule has 0 saturated carbocycles. The number of carbonyl (C=O) groups is 1. The number of amides is 1. The van der Waals surface area contributed by atoms with E-state index in [2.05, 4.69) is 48.6 Å². The van der Waals surface area contributed by atoms with E-state index in [0.717, 1.165) is 12.8 Å². The second kappa shape index (κ2) is 8.19. The zero-order valence-corrected chi connectivity index (χ0v) is 15.1. The van der Waals surface area contributed by atoms with Crippen LogP contribution in [0.1, 0.15) is 56.6 Å². The molecular formula is C22H27NO2. The van der Waals surface area contributed by atoms with Crippen molar-refractivity contribution in [2.45, 2.75) is 51.5 Å². The Hall–Kier alpha value is -2.29. The van der Waals surface area contributed by atoms with Gasteiger partial charge in [0, 0.05) is 12.0 Å². The summed E-state index contributed by atoms with van der Waals surface area (Å²) in [6.07, 6.45) is 4.22. The predicted molar refractivity (Wildman–Crippen MR) is 102 cm³/mol. The smallest absolute Gasteiger partial charge is 0.407 e. The van der Waals surface area contributed by atoms with Crippen LogP contribution >= 0.6 is 0 Å². The first-order valence-corrected chi connectivity index (χ1v) is 9.32. The van der Waals surface area contributed by atoms with Gasteiger partial charge in [0.05, 0.1) is 0 Å². The number of alkyl carbamates (subject to hydrolysis) is 1. The molecule has 1 aliphatic carbocycles. The number of hydrogen-bond acceptors (Lipinski definition) is 2. The van der Waals surface area contributed by atoms with E-state index in [1.807, 2.05) is 19.1 Å². The minimum Gasteiger partial charge on any atom is -0.449 e. The summed E-state index contributed by atoms with van der Waals surface area (Å²) in [5, 5.41) is 2.95. The molecule has 132 valence electrons. The molecule has 0 aliphatic heterocycles. The number of nitrogens with one attached hydrogen (secondary N) is 1. The maximum Gasteiger partial charge on any atom is 0.407 e. The Morgan fingerprint density at radius 3 is 2.24 bits per heavy atom. The van der Waals surface area contributed by atoms with Gasteiger partial charge in [-0.1, -0.05) is 74.7 Å². The summed E-state index contributed by atoms with van der Waals surface area (Å²) in [4.78, 5) is 12.1. The first-order chi connectivity index (χ1) is 12.2. The van der Waals surface area contributed by atoms with Crippen molar-refractivity contribution in [1.82, 2.24) is 5.32 Å². The van der Waals surface area contributed by atoms with Gasteiger partial charge in [-0.15, -0.1) is 0 Å². The summed E-state index contributed by atoms with van der Waals surface area (Å²) >= 11 is 0. The van der Waals surface area contributed by atoms with Gasteiger partial charge >= 0.3 is 6.09 Å². The topological polar surface area (TPSA) is 38.3 Å². The second-order valence-corrected chi connectivity index (χ2v) is 6.87. The van der Waals surface area contributed by atoms with Crippen molar-refractivity contribution in [3.05, 3.63) is 59.7 Å². The van der Waals surface area contributed by atoms with Crippen LogP contribution in [0.5, 0.6) is 0 Å². The molecule has 0 heterocycles. The maximum atomic E-state index is 12.1. The van der Waals surface area contributed by atoms with Crippen molar-refractivity contribution in [1.29, 1.82) is 0 Å². The van der Waals surface area contributed by atoms with Crippen LogP contribution in [0.25, 0.3) is 11.1 Å². The van der Waals surface area contributed by atoms with Crippen LogP contribution < -0.4 is 5.32 Å². The molecule has 0 fully saturated rings. The largest absolute Gasteiger partial charge is 0.449 e. The molecule has 1 aliphatic rings. The van der Waals surface area contributed by atoms with E-state index in [1.54, 1.807) is 0 Å². The maximum absolute atomic E-state index is 12.1. The molecule has 2 aromatic carbocycles. The van der Waals surface area contributed by atoms with Crippen molar-refractivity contribution in [3.63, 3.8) is 0 Å². The van der Waals surface area contributed by atoms with Crippen molar-refractivity contribution < 1.29 is 9.53 Å². The molecule has 0 bridgehead atoms. The van der Waals surface area contributed by atoms with Gasteiger partial charge in [-0.2, -0.15) is 0 Å². The average molecular weight is 337 g/mol. The number of fused-ring (bicyclic) bond motifs is 3. The van der Waals surface area contributed by atoms with Crippen molar-refractivity contribution in [3.8, 4) is 11.1 Å². The van der Waals surface area contributed by atoms with E-state index >= 15 is 0 Å². The fourth-order valence-electron chi connectivity index (χ4n) is 3.61. The van der Waals surface area contributed by atoms with Crippen molar-refractivity contribution in [2.75, 3.05) is 6.61 Å². The van der Waals surface area contributed by atoms with Gasteiger partial charge in [0.25, 0.3) is 0 Å². The fraction of sp³-hybridized carbons (Fsp3) is 0.409. The summed E-state index contributed by atoms with van der Waals surface area (Å²) in [7, 11) is 0. The van der Waals surface area contributed by atoms with Crippen LogP contribution in [0.4, 0.5) is 4.79 Å². The molecule has 0 aromatic heterocycles. The zero-order valence-electron chi connectivity index (χ0n) is 15.1. The van der Waals surface area contributed by atoms with Crippen LogP contribution in [0.15, 0.2) is 48.5 Å². The Balaban J connectivity index is 1.61. The molecule has 3 rings (SSSR count). The fourth-order valence-corrected chi connectivity index (χ4v) is 3.61. The Morgan fingerprint density at radius 2 is 1.64 bits per heavy atom. The van der Waals surface area contributed by atoms with Crippen molar-refractivity contribution in [2.24, 2.45) is 0 Å². The van der Waals surface area contributed by atoms with Crippen LogP contribution in [-0.4, -0.2) is 18.7 Å². The zero-order chi connectivity index (χ0) is 17.6. The number of hydrogen-bond donors (Lipinski definition) is 1. The Bertz CT molecular complexity index is 680. The monoisotopic (exact) mass is 337 g/mol. The lowest BCUT2D eigenvalue weighted by Crippen LogP contribution is -2.33. The third kappa shape index (κ3) is 4.04. The third-order valence-corrected chi connectivity index (χ3v) is 4.95. The molecule has 0 spiro atoms. The number of rotatable bonds is 7. The third-order valence-electron chi connectivity index (χ3n) is 4.95. The van der Waals surface area contributed by atoms with Gasteiger partial charge in [-0.05, 0) is 35.6 Å². The quantitative estimate of drug-likeness (QED) is 0.678. The molecule has 1 amide bonds. The van der Waals surface area contributed by atoms with Crippen LogP contribution in [-0.2, 0) is 4.74 Å². The molecule has 1 N–H and O–H groups in total. The predicted octanol–water partition coefficient (Wildman–Crippen LogP) is 5.49. The molecule has 2 aromatic rings. The average Bonchev–Trinajstić information content (AvgIpc) is 2.94. The van der Waals surface area contributed by atoms with E-state index in [1.165, 1.54) is 35.1 Å². The normalized spacial score (nSPS) is 13.8. The van der Waals surface area contributed by atoms with Gasteiger partial charge in [0.1, 0.15) is 6.61 Å². The van der Waals surface area contributed by atoms with E-state index < -0.39 is 0 Å². The highest BCUT2D eigenvalue weighted by Gasteiger charge is 2.29. The van der Waals surface area contributed by atoms with Crippen LogP contribution in [0.3, 0.4) is 0 Å². The molecule has 25 heavy (non-hydrogen) atoms. The minimum absolute atomic E-state index is 0.119. The lowest BCUT2D eigenvalue weighted by molar-refractivity contribution is 0.139. The lowest BCUT2D eigenvalue weighted by Gasteiger charge is -2.17. The number of benzene rings is 2. The van der Waals surface area contributed by atoms with E-state index in [4.69, 9.17) is 4.74 Å². The summed E-state index contributed by atoms with van der Waals surface area (Å²) < 4.78 is 5.57. The molecular weight excluding hydrogens is 310 g/mol. The van der Waals surface area contributed by atoms with Gasteiger partial charge in [0.2, 0.25) is 0 Å². The summed E-state index contributed by atoms with van der Waals surface area (Å²) in [5.41, 5.74) is 4.99. The molecule has 0 radical (unpaired) electrons. The number of ether oxygens (including phenoxy) is 1. The number of carbonyl (C=O) groups excluding carboxylic acids is 1. The van der Waals surface area contributed by atoms with E-state index in [9.17, 15) is 4.79 Å². The molecule has 1 atom stereocenters. The lowest BCUT2D eigenvalue weighted by atomic mass is 9.98. The number of unbranched alkanes of at least 4 members (excludes halogenated alkanes) is 2. The van der Waals surface area contributed by atoms with Gasteiger partial charge in [-0.3, -0.25) is 0 Å². The van der Waals surface area contributed by atoms with Crippen molar-refractivity contribution >= 4 is 6.09 Å². The highest BCUT2D eigenvalue weighted by molar-refractivity contribution is 5.79. The first kappa shape index (κ1) is 17.5. The standard InChI is InChI=1S/C22H27NO2/c1-3-4-5-10-16(2)23-22(24)25-15-21-19-13-8-6-11-17(19)18-12-7-9-14-20(18)21/h6-9,11-14,16,21H,3-5,10,15H2,1-2H3,(H,23,24). The Labute approximate surface area is 150 Å². The summed E-state index contributed by atoms with van der Waals surface area (Å²) in [5.74, 6) is 0.119. The Morgan fingerprint density at radius 1 is 1.04 bits per heavy atom. The molecule has 3 heteroatoms. The molecule has 1 unspecified atom stereocenters. The van der Waals surface area contributed by atoms with E-state index in [-0.39, 0.29) is 18.1 Å². The summed E-state index contributed by atoms with van der Waals surface area (Å²) in [6.45, 7) is 4.60. The van der Waals surface area contributed by atoms with Gasteiger partial charge in [-0.25, -0.2) is 4.79 Å². The van der Waals surface area contributed by atoms with Crippen LogP contribution in [0, 0.1) is 0 Å². The summed E-state index contributed by atoms with van der Waals surface area (Å²) in [6, 6.07) is 16.9. The van der Waals surface area contributed by atoms with Crippen LogP contribution in [0.2, 0.25) is 0 Å². The van der Waals surface area contributed by atoms with Gasteiger partial charge in [0.15, 0.2) is 0 Å². The Kier molecular flexibility index (Phi) is 5.75. The SMILES string of the molecule is CCCCCC(C)NC(=O)OCC1c2ccccc2-c2ccccc21. The highest BCUT2D eigenvalue weighted by atomic mass is 16.5. The minimum atomic E-state index is -0.314. The van der Waals surface area contributed by atoms with Gasteiger partial charge < -0.3 is 10.1 Å². The molecule has 3 nitrogen and oxygen atoms in total. The second-order valence-electron chi connectivity index (χ2n) is 6.87. The molecule has 0 saturated heterocycles. The highest BCUT2D eigenvalue weighted by Crippen LogP contribution is 2.44.